The van der Waals surface area contributed by atoms with Crippen LogP contribution in [0.1, 0.15) is 42.9 Å². The van der Waals surface area contributed by atoms with Gasteiger partial charge in [-0.05, 0) is 30.5 Å². The molecule has 2 N–H and O–H groups in total. The molecule has 7 nitrogen and oxygen atoms in total. The number of ketones is 1. The molecule has 172 valence electrons. The van der Waals surface area contributed by atoms with Crippen molar-refractivity contribution in [2.24, 2.45) is 0 Å². The molecular formula is C26H27NO6. The van der Waals surface area contributed by atoms with Gasteiger partial charge in [-0.2, -0.15) is 0 Å². The average molecular weight is 450 g/mol. The van der Waals surface area contributed by atoms with E-state index in [1.807, 2.05) is 30.3 Å². The molecule has 3 rings (SSSR count). The molecule has 0 fully saturated rings. The summed E-state index contributed by atoms with van der Waals surface area (Å²) in [4.78, 5) is 38.3. The van der Waals surface area contributed by atoms with Crippen molar-refractivity contribution in [2.75, 3.05) is 13.7 Å². The Morgan fingerprint density at radius 2 is 1.73 bits per heavy atom. The van der Waals surface area contributed by atoms with Gasteiger partial charge < -0.3 is 19.8 Å². The van der Waals surface area contributed by atoms with E-state index in [4.69, 9.17) is 9.84 Å². The third-order valence-electron chi connectivity index (χ3n) is 5.52. The number of hydrogen-bond acceptors (Lipinski definition) is 5. The van der Waals surface area contributed by atoms with Crippen LogP contribution in [-0.4, -0.2) is 46.4 Å². The Labute approximate surface area is 192 Å². The molecule has 1 aliphatic heterocycles. The van der Waals surface area contributed by atoms with Gasteiger partial charge in [0, 0.05) is 18.5 Å². The molecule has 0 spiro atoms. The van der Waals surface area contributed by atoms with Crippen molar-refractivity contribution in [1.82, 2.24) is 4.90 Å². The number of aliphatic hydroxyl groups is 1. The van der Waals surface area contributed by atoms with E-state index in [1.165, 1.54) is 18.1 Å². The van der Waals surface area contributed by atoms with Crippen molar-refractivity contribution in [3.8, 4) is 5.75 Å². The lowest BCUT2D eigenvalue weighted by atomic mass is 9.94. The number of rotatable bonds is 11. The number of hydrogen-bond donors (Lipinski definition) is 2. The van der Waals surface area contributed by atoms with Gasteiger partial charge in [0.1, 0.15) is 5.75 Å². The number of unbranched alkanes of at least 4 members (excludes halogenated alkanes) is 2. The average Bonchev–Trinajstić information content (AvgIpc) is 3.07. The van der Waals surface area contributed by atoms with Crippen LogP contribution in [0.2, 0.25) is 0 Å². The number of para-hydroxylation sites is 1. The summed E-state index contributed by atoms with van der Waals surface area (Å²) >= 11 is 0. The largest absolute Gasteiger partial charge is 0.503 e. The Bertz CT molecular complexity index is 1070. The van der Waals surface area contributed by atoms with Crippen molar-refractivity contribution < 1.29 is 29.3 Å². The van der Waals surface area contributed by atoms with Crippen LogP contribution < -0.4 is 4.74 Å². The second-order valence-electron chi connectivity index (χ2n) is 7.72. The van der Waals surface area contributed by atoms with Gasteiger partial charge in [-0.3, -0.25) is 14.4 Å². The van der Waals surface area contributed by atoms with E-state index in [9.17, 15) is 19.5 Å². The fourth-order valence-corrected chi connectivity index (χ4v) is 3.91. The quantitative estimate of drug-likeness (QED) is 0.391. The van der Waals surface area contributed by atoms with Crippen molar-refractivity contribution in [3.05, 3.63) is 83.1 Å². The maximum atomic E-state index is 13.2. The van der Waals surface area contributed by atoms with Crippen LogP contribution in [0.15, 0.2) is 72.0 Å². The molecule has 2 aromatic rings. The van der Waals surface area contributed by atoms with Crippen LogP contribution in [0, 0.1) is 0 Å². The van der Waals surface area contributed by atoms with E-state index in [-0.39, 0.29) is 18.5 Å². The number of aliphatic hydroxyl groups excluding tert-OH is 1. The number of carboxylic acids is 1. The van der Waals surface area contributed by atoms with Crippen molar-refractivity contribution in [1.29, 1.82) is 0 Å². The molecule has 0 bridgehead atoms. The lowest BCUT2D eigenvalue weighted by Crippen LogP contribution is -2.32. The van der Waals surface area contributed by atoms with Crippen molar-refractivity contribution in [3.63, 3.8) is 0 Å². The number of allylic oxidation sites excluding steroid dienone is 1. The third kappa shape index (κ3) is 5.68. The molecule has 1 aliphatic rings. The summed E-state index contributed by atoms with van der Waals surface area (Å²) in [5, 5.41) is 19.5. The second kappa shape index (κ2) is 11.1. The summed E-state index contributed by atoms with van der Waals surface area (Å²) in [5.74, 6) is -2.02. The fraction of sp³-hybridized carbons (Fsp3) is 0.269. The maximum absolute atomic E-state index is 13.2. The zero-order chi connectivity index (χ0) is 23.8. The molecule has 1 unspecified atom stereocenters. The Hall–Kier alpha value is -3.87. The Morgan fingerprint density at radius 1 is 1.03 bits per heavy atom. The molecule has 1 atom stereocenters. The first-order valence-electron chi connectivity index (χ1n) is 10.8. The van der Waals surface area contributed by atoms with Crippen LogP contribution >= 0.6 is 0 Å². The number of methoxy groups -OCH3 is 1. The van der Waals surface area contributed by atoms with E-state index in [0.717, 1.165) is 5.56 Å². The number of ether oxygens (including phenoxy) is 1. The highest BCUT2D eigenvalue weighted by atomic mass is 16.5. The highest BCUT2D eigenvalue weighted by Gasteiger charge is 2.43. The van der Waals surface area contributed by atoms with Gasteiger partial charge in [-0.25, -0.2) is 0 Å². The Balaban J connectivity index is 1.90. The van der Waals surface area contributed by atoms with Gasteiger partial charge in [0.05, 0.1) is 18.7 Å². The smallest absolute Gasteiger partial charge is 0.303 e. The van der Waals surface area contributed by atoms with Crippen LogP contribution in [0.25, 0.3) is 6.08 Å². The van der Waals surface area contributed by atoms with E-state index in [0.29, 0.717) is 30.6 Å². The first-order chi connectivity index (χ1) is 15.9. The van der Waals surface area contributed by atoms with Gasteiger partial charge in [0.15, 0.2) is 11.5 Å². The minimum absolute atomic E-state index is 0.00205. The fourth-order valence-electron chi connectivity index (χ4n) is 3.91. The monoisotopic (exact) mass is 449 g/mol. The van der Waals surface area contributed by atoms with Gasteiger partial charge in [-0.1, -0.05) is 61.0 Å². The SMILES string of the molecule is COc1ccccc1C1C(C(=O)C=Cc2ccccc2)=C(O)C(=O)N1CCCCCC(=O)O. The number of amides is 1. The number of benzene rings is 2. The normalized spacial score (nSPS) is 16.0. The van der Waals surface area contributed by atoms with E-state index in [2.05, 4.69) is 0 Å². The molecular weight excluding hydrogens is 422 g/mol. The van der Waals surface area contributed by atoms with Gasteiger partial charge >= 0.3 is 5.97 Å². The minimum atomic E-state index is -0.864. The minimum Gasteiger partial charge on any atom is -0.503 e. The summed E-state index contributed by atoms with van der Waals surface area (Å²) in [6.07, 6.45) is 4.68. The highest BCUT2D eigenvalue weighted by molar-refractivity contribution is 6.14. The number of carbonyl (C=O) groups is 3. The zero-order valence-electron chi connectivity index (χ0n) is 18.4. The molecule has 0 radical (unpaired) electrons. The van der Waals surface area contributed by atoms with Crippen molar-refractivity contribution >= 4 is 23.7 Å². The summed E-state index contributed by atoms with van der Waals surface area (Å²) in [6, 6.07) is 15.5. The number of nitrogens with zero attached hydrogens (tertiary/aromatic N) is 1. The molecule has 1 heterocycles. The maximum Gasteiger partial charge on any atom is 0.303 e. The van der Waals surface area contributed by atoms with Gasteiger partial charge in [0.2, 0.25) is 0 Å². The van der Waals surface area contributed by atoms with Crippen LogP contribution in [0.4, 0.5) is 0 Å². The molecule has 1 amide bonds. The lowest BCUT2D eigenvalue weighted by Gasteiger charge is -2.27. The Morgan fingerprint density at radius 3 is 2.42 bits per heavy atom. The molecule has 0 aromatic heterocycles. The summed E-state index contributed by atoms with van der Waals surface area (Å²) in [7, 11) is 1.51. The number of carboxylic acid groups (broad SMARTS) is 1. The molecule has 0 saturated heterocycles. The highest BCUT2D eigenvalue weighted by Crippen LogP contribution is 2.41. The van der Waals surface area contributed by atoms with E-state index < -0.39 is 29.5 Å². The summed E-state index contributed by atoms with van der Waals surface area (Å²) in [6.45, 7) is 0.268. The molecule has 0 saturated carbocycles. The predicted octanol–water partition coefficient (Wildman–Crippen LogP) is 4.32. The summed E-state index contributed by atoms with van der Waals surface area (Å²) < 4.78 is 5.47. The van der Waals surface area contributed by atoms with Crippen LogP contribution in [-0.2, 0) is 14.4 Å². The Kier molecular flexibility index (Phi) is 8.02. The molecule has 33 heavy (non-hydrogen) atoms. The third-order valence-corrected chi connectivity index (χ3v) is 5.52. The number of aliphatic carboxylic acids is 1. The number of carbonyl (C=O) groups excluding carboxylic acids is 2. The topological polar surface area (TPSA) is 104 Å². The van der Waals surface area contributed by atoms with Gasteiger partial charge in [0.25, 0.3) is 5.91 Å². The predicted molar refractivity (Wildman–Crippen MR) is 124 cm³/mol. The standard InChI is InChI=1S/C26H27NO6/c1-33-21-13-8-7-12-19(21)24-23(20(28)16-15-18-10-4-2-5-11-18)25(31)26(32)27(24)17-9-3-6-14-22(29)30/h2,4-5,7-8,10-13,15-16,24,31H,3,6,9,14,17H2,1H3,(H,29,30). The first-order valence-corrected chi connectivity index (χ1v) is 10.8. The van der Waals surface area contributed by atoms with Gasteiger partial charge in [-0.15, -0.1) is 0 Å². The second-order valence-corrected chi connectivity index (χ2v) is 7.72. The molecule has 2 aromatic carbocycles. The van der Waals surface area contributed by atoms with Crippen LogP contribution in [0.5, 0.6) is 5.75 Å². The lowest BCUT2D eigenvalue weighted by molar-refractivity contribution is -0.137. The first kappa shape index (κ1) is 23.8. The zero-order valence-corrected chi connectivity index (χ0v) is 18.4. The molecule has 7 heteroatoms. The van der Waals surface area contributed by atoms with E-state index >= 15 is 0 Å². The van der Waals surface area contributed by atoms with E-state index in [1.54, 1.807) is 30.3 Å². The van der Waals surface area contributed by atoms with Crippen LogP contribution in [0.3, 0.4) is 0 Å². The van der Waals surface area contributed by atoms with Crippen molar-refractivity contribution in [2.45, 2.75) is 31.7 Å². The summed E-state index contributed by atoms with van der Waals surface area (Å²) in [5.41, 5.74) is 1.42. The molecule has 0 aliphatic carbocycles.